The summed E-state index contributed by atoms with van der Waals surface area (Å²) in [5.74, 6) is 0.430. The van der Waals surface area contributed by atoms with Crippen molar-refractivity contribution in [1.29, 1.82) is 0 Å². The standard InChI is InChI=1S/C25H28N6O4S/c1-25(2,3)35-24(33)28-14-8-10-31(11-9-14)23-29-19(16-12-13-6-4-5-7-15(13)34-16)17-18(26)20(21(27)32)36-22(17)30-23/h4-7,12,14H,8-11,26H2,1-3H3,(H2,27,32)(H,28,33). The maximum atomic E-state index is 12.2. The number of rotatable bonds is 4. The Morgan fingerprint density at radius 3 is 2.58 bits per heavy atom. The summed E-state index contributed by atoms with van der Waals surface area (Å²) in [6.07, 6.45) is 0.998. The number of carbonyl (C=O) groups excluding carboxylic acids is 2. The van der Waals surface area contributed by atoms with Gasteiger partial charge >= 0.3 is 6.09 Å². The molecule has 4 heterocycles. The Kier molecular flexibility index (Phi) is 5.95. The van der Waals surface area contributed by atoms with Gasteiger partial charge in [0.15, 0.2) is 5.76 Å². The van der Waals surface area contributed by atoms with Crippen LogP contribution in [0.5, 0.6) is 0 Å². The molecule has 4 aromatic rings. The molecule has 0 spiro atoms. The first kappa shape index (κ1) is 23.9. The van der Waals surface area contributed by atoms with Crippen LogP contribution in [0.4, 0.5) is 16.4 Å². The van der Waals surface area contributed by atoms with Crippen LogP contribution < -0.4 is 21.7 Å². The van der Waals surface area contributed by atoms with Crippen LogP contribution in [0.2, 0.25) is 0 Å². The van der Waals surface area contributed by atoms with Gasteiger partial charge in [0.05, 0.1) is 11.1 Å². The lowest BCUT2D eigenvalue weighted by Crippen LogP contribution is -2.46. The van der Waals surface area contributed by atoms with Crippen LogP contribution in [0.1, 0.15) is 43.3 Å². The molecule has 0 aliphatic carbocycles. The van der Waals surface area contributed by atoms with Gasteiger partial charge in [0.25, 0.3) is 5.91 Å². The Bertz CT molecular complexity index is 1430. The van der Waals surface area contributed by atoms with Crippen molar-refractivity contribution in [2.45, 2.75) is 45.3 Å². The molecule has 5 N–H and O–H groups in total. The minimum Gasteiger partial charge on any atom is -0.454 e. The molecule has 188 valence electrons. The number of nitrogens with one attached hydrogen (secondary N) is 1. The van der Waals surface area contributed by atoms with Crippen LogP contribution >= 0.6 is 11.3 Å². The van der Waals surface area contributed by atoms with Crippen molar-refractivity contribution < 1.29 is 18.7 Å². The topological polar surface area (TPSA) is 150 Å². The second kappa shape index (κ2) is 8.98. The molecule has 1 saturated heterocycles. The van der Waals surface area contributed by atoms with Crippen LogP contribution in [-0.4, -0.2) is 46.7 Å². The first-order valence-electron chi connectivity index (χ1n) is 11.7. The van der Waals surface area contributed by atoms with Crippen LogP contribution in [0.3, 0.4) is 0 Å². The van der Waals surface area contributed by atoms with Gasteiger partial charge in [0.2, 0.25) is 5.95 Å². The van der Waals surface area contributed by atoms with Gasteiger partial charge < -0.3 is 30.8 Å². The van der Waals surface area contributed by atoms with Crippen molar-refractivity contribution in [2.75, 3.05) is 23.7 Å². The summed E-state index contributed by atoms with van der Waals surface area (Å²) in [6, 6.07) is 9.56. The molecule has 11 heteroatoms. The van der Waals surface area contributed by atoms with E-state index in [9.17, 15) is 9.59 Å². The first-order chi connectivity index (χ1) is 17.1. The normalized spacial score (nSPS) is 14.9. The summed E-state index contributed by atoms with van der Waals surface area (Å²) < 4.78 is 11.5. The maximum Gasteiger partial charge on any atom is 0.407 e. The van der Waals surface area contributed by atoms with Crippen molar-refractivity contribution >= 4 is 56.2 Å². The molecular weight excluding hydrogens is 480 g/mol. The van der Waals surface area contributed by atoms with Gasteiger partial charge in [-0.05, 0) is 45.7 Å². The molecule has 0 unspecified atom stereocenters. The lowest BCUT2D eigenvalue weighted by Gasteiger charge is -2.33. The maximum absolute atomic E-state index is 12.2. The molecule has 1 fully saturated rings. The molecule has 36 heavy (non-hydrogen) atoms. The molecule has 0 saturated carbocycles. The number of benzene rings is 1. The molecule has 2 amide bonds. The highest BCUT2D eigenvalue weighted by atomic mass is 32.1. The van der Waals surface area contributed by atoms with Crippen LogP contribution in [-0.2, 0) is 4.74 Å². The van der Waals surface area contributed by atoms with Crippen molar-refractivity contribution in [1.82, 2.24) is 15.3 Å². The number of nitrogen functional groups attached to an aromatic ring is 1. The summed E-state index contributed by atoms with van der Waals surface area (Å²) >= 11 is 1.15. The van der Waals surface area contributed by atoms with Crippen LogP contribution in [0.15, 0.2) is 34.7 Å². The fourth-order valence-electron chi connectivity index (χ4n) is 4.31. The molecule has 1 aliphatic rings. The number of amides is 2. The van der Waals surface area contributed by atoms with Gasteiger partial charge in [-0.1, -0.05) is 18.2 Å². The lowest BCUT2D eigenvalue weighted by atomic mass is 10.1. The zero-order valence-corrected chi connectivity index (χ0v) is 21.1. The van der Waals surface area contributed by atoms with Crippen LogP contribution in [0, 0.1) is 0 Å². The number of thiophene rings is 1. The first-order valence-corrected chi connectivity index (χ1v) is 12.5. The van der Waals surface area contributed by atoms with Gasteiger partial charge in [-0.25, -0.2) is 14.8 Å². The van der Waals surface area contributed by atoms with E-state index in [0.717, 1.165) is 22.3 Å². The van der Waals surface area contributed by atoms with E-state index in [4.69, 9.17) is 30.6 Å². The van der Waals surface area contributed by atoms with Crippen molar-refractivity contribution in [3.05, 3.63) is 35.2 Å². The Labute approximate surface area is 211 Å². The van der Waals surface area contributed by atoms with Gasteiger partial charge in [-0.15, -0.1) is 11.3 Å². The SMILES string of the molecule is CC(C)(C)OC(=O)NC1CCN(c2nc(-c3cc4ccccc4o3)c3c(N)c(C(N)=O)sc3n2)CC1. The fourth-order valence-corrected chi connectivity index (χ4v) is 5.25. The lowest BCUT2D eigenvalue weighted by molar-refractivity contribution is 0.0497. The van der Waals surface area contributed by atoms with E-state index in [1.165, 1.54) is 0 Å². The smallest absolute Gasteiger partial charge is 0.407 e. The molecule has 0 bridgehead atoms. The molecule has 5 rings (SSSR count). The predicted molar refractivity (Wildman–Crippen MR) is 140 cm³/mol. The van der Waals surface area contributed by atoms with Crippen molar-refractivity contribution in [2.24, 2.45) is 5.73 Å². The Morgan fingerprint density at radius 2 is 1.92 bits per heavy atom. The molecule has 0 atom stereocenters. The van der Waals surface area contributed by atoms with Gasteiger partial charge in [0.1, 0.15) is 26.6 Å². The second-order valence-electron chi connectivity index (χ2n) is 9.82. The Morgan fingerprint density at radius 1 is 1.19 bits per heavy atom. The number of anilines is 2. The van der Waals surface area contributed by atoms with Gasteiger partial charge in [-0.2, -0.15) is 0 Å². The highest BCUT2D eigenvalue weighted by Gasteiger charge is 2.28. The highest BCUT2D eigenvalue weighted by Crippen LogP contribution is 2.41. The monoisotopic (exact) mass is 508 g/mol. The third kappa shape index (κ3) is 4.66. The average molecular weight is 509 g/mol. The van der Waals surface area contributed by atoms with E-state index in [-0.39, 0.29) is 16.6 Å². The third-order valence-corrected chi connectivity index (χ3v) is 7.07. The predicted octanol–water partition coefficient (Wildman–Crippen LogP) is 4.28. The third-order valence-electron chi connectivity index (χ3n) is 5.96. The summed E-state index contributed by atoms with van der Waals surface area (Å²) in [5.41, 5.74) is 12.8. The van der Waals surface area contributed by atoms with E-state index in [1.54, 1.807) is 0 Å². The number of para-hydroxylation sites is 1. The number of hydrogen-bond acceptors (Lipinski definition) is 9. The van der Waals surface area contributed by atoms with E-state index in [0.29, 0.717) is 53.6 Å². The number of piperidine rings is 1. The summed E-state index contributed by atoms with van der Waals surface area (Å²) in [7, 11) is 0. The molecular formula is C25H28N6O4S. The van der Waals surface area contributed by atoms with E-state index < -0.39 is 17.6 Å². The van der Waals surface area contributed by atoms with E-state index in [1.807, 2.05) is 51.1 Å². The molecule has 10 nitrogen and oxygen atoms in total. The Balaban J connectivity index is 1.46. The Hall–Kier alpha value is -3.86. The molecule has 0 radical (unpaired) electrons. The number of fused-ring (bicyclic) bond motifs is 2. The van der Waals surface area contributed by atoms with Gasteiger partial charge in [0, 0.05) is 24.5 Å². The quantitative estimate of drug-likeness (QED) is 0.370. The summed E-state index contributed by atoms with van der Waals surface area (Å²) in [5, 5.41) is 4.43. The number of hydrogen-bond donors (Lipinski definition) is 3. The van der Waals surface area contributed by atoms with E-state index >= 15 is 0 Å². The fraction of sp³-hybridized carbons (Fsp3) is 0.360. The minimum atomic E-state index is -0.610. The zero-order chi connectivity index (χ0) is 25.6. The number of furan rings is 1. The zero-order valence-electron chi connectivity index (χ0n) is 20.3. The van der Waals surface area contributed by atoms with Gasteiger partial charge in [-0.3, -0.25) is 4.79 Å². The largest absolute Gasteiger partial charge is 0.454 e. The minimum absolute atomic E-state index is 0.00600. The molecule has 1 aromatic carbocycles. The van der Waals surface area contributed by atoms with E-state index in [2.05, 4.69) is 10.2 Å². The highest BCUT2D eigenvalue weighted by molar-refractivity contribution is 7.21. The van der Waals surface area contributed by atoms with Crippen molar-refractivity contribution in [3.63, 3.8) is 0 Å². The van der Waals surface area contributed by atoms with Crippen molar-refractivity contribution in [3.8, 4) is 11.5 Å². The molecule has 1 aliphatic heterocycles. The van der Waals surface area contributed by atoms with Crippen LogP contribution in [0.25, 0.3) is 32.6 Å². The second-order valence-corrected chi connectivity index (χ2v) is 10.8. The number of carbonyl (C=O) groups is 2. The molecule has 3 aromatic heterocycles. The number of primary amides is 1. The number of nitrogens with zero attached hydrogens (tertiary/aromatic N) is 3. The number of ether oxygens (including phenoxy) is 1. The summed E-state index contributed by atoms with van der Waals surface area (Å²) in [6.45, 7) is 6.78. The average Bonchev–Trinajstić information content (AvgIpc) is 3.39. The number of aromatic nitrogens is 2. The number of nitrogens with two attached hydrogens (primary N) is 2. The summed E-state index contributed by atoms with van der Waals surface area (Å²) in [4.78, 5) is 36.6. The number of alkyl carbamates (subject to hydrolysis) is 1.